The first kappa shape index (κ1) is 19.7. The maximum atomic E-state index is 13.8. The number of carboxylic acids is 1. The normalized spacial score (nSPS) is 14.9. The van der Waals surface area contributed by atoms with Gasteiger partial charge in [-0.15, -0.1) is 0 Å². The van der Waals surface area contributed by atoms with Crippen LogP contribution in [0.5, 0.6) is 0 Å². The minimum absolute atomic E-state index is 0.0440. The van der Waals surface area contributed by atoms with Crippen LogP contribution in [0.3, 0.4) is 0 Å². The van der Waals surface area contributed by atoms with Gasteiger partial charge in [-0.1, -0.05) is 6.92 Å². The molecule has 8 heteroatoms. The number of carboxylic acid groups (broad SMARTS) is 1. The molecule has 1 amide bonds. The number of ketones is 1. The zero-order chi connectivity index (χ0) is 20.4. The van der Waals surface area contributed by atoms with E-state index in [9.17, 15) is 23.2 Å². The fourth-order valence-corrected chi connectivity index (χ4v) is 3.38. The van der Waals surface area contributed by atoms with E-state index in [2.05, 4.69) is 0 Å². The Morgan fingerprint density at radius 2 is 1.82 bits per heavy atom. The Labute approximate surface area is 159 Å². The van der Waals surface area contributed by atoms with E-state index in [1.165, 1.54) is 11.0 Å². The second-order valence-corrected chi connectivity index (χ2v) is 6.66. The van der Waals surface area contributed by atoms with Gasteiger partial charge < -0.3 is 14.4 Å². The molecular formula is C20H19F2NO5. The molecule has 1 saturated heterocycles. The second-order valence-electron chi connectivity index (χ2n) is 6.66. The summed E-state index contributed by atoms with van der Waals surface area (Å²) in [7, 11) is 0. The summed E-state index contributed by atoms with van der Waals surface area (Å²) in [4.78, 5) is 37.8. The molecular weight excluding hydrogens is 372 g/mol. The van der Waals surface area contributed by atoms with Crippen molar-refractivity contribution in [2.45, 2.75) is 26.2 Å². The lowest BCUT2D eigenvalue weighted by Gasteiger charge is -2.30. The largest absolute Gasteiger partial charge is 0.478 e. The van der Waals surface area contributed by atoms with Crippen molar-refractivity contribution < 1.29 is 32.7 Å². The highest BCUT2D eigenvalue weighted by molar-refractivity contribution is 5.99. The number of carbonyl (C=O) groups is 3. The number of nitrogens with zero attached hydrogens (tertiary/aromatic N) is 1. The summed E-state index contributed by atoms with van der Waals surface area (Å²) < 4.78 is 32.5. The van der Waals surface area contributed by atoms with E-state index in [1.807, 2.05) is 0 Å². The number of carbonyl (C=O) groups excluding carboxylic acids is 2. The molecule has 3 rings (SSSR count). The third-order valence-corrected chi connectivity index (χ3v) is 4.92. The van der Waals surface area contributed by atoms with Gasteiger partial charge in [0, 0.05) is 31.5 Å². The topological polar surface area (TPSA) is 87.8 Å². The molecule has 2 aromatic rings. The van der Waals surface area contributed by atoms with Gasteiger partial charge >= 0.3 is 5.97 Å². The number of aromatic carboxylic acids is 1. The Kier molecular flexibility index (Phi) is 5.58. The van der Waals surface area contributed by atoms with Crippen molar-refractivity contribution in [2.24, 2.45) is 5.92 Å². The van der Waals surface area contributed by atoms with Crippen LogP contribution in [0.15, 0.2) is 28.7 Å². The summed E-state index contributed by atoms with van der Waals surface area (Å²) in [5, 5.41) is 9.17. The van der Waals surface area contributed by atoms with Crippen LogP contribution in [0.2, 0.25) is 0 Å². The van der Waals surface area contributed by atoms with Gasteiger partial charge in [-0.25, -0.2) is 13.6 Å². The molecule has 1 aromatic carbocycles. The van der Waals surface area contributed by atoms with Gasteiger partial charge in [0.15, 0.2) is 11.5 Å². The van der Waals surface area contributed by atoms with Crippen molar-refractivity contribution in [2.75, 3.05) is 13.1 Å². The molecule has 0 spiro atoms. The number of hydrogen-bond donors (Lipinski definition) is 1. The molecule has 0 aliphatic carbocycles. The average Bonchev–Trinajstić information content (AvgIpc) is 3.13. The summed E-state index contributed by atoms with van der Waals surface area (Å²) in [5.41, 5.74) is -0.327. The molecule has 0 atom stereocenters. The maximum absolute atomic E-state index is 13.8. The number of aryl methyl sites for hydroxylation is 1. The highest BCUT2D eigenvalue weighted by atomic mass is 19.1. The third-order valence-electron chi connectivity index (χ3n) is 4.92. The molecule has 2 heterocycles. The van der Waals surface area contributed by atoms with Crippen LogP contribution in [-0.4, -0.2) is 40.8 Å². The smallest absolute Gasteiger partial charge is 0.339 e. The summed E-state index contributed by atoms with van der Waals surface area (Å²) in [6.45, 7) is 2.19. The zero-order valence-corrected chi connectivity index (χ0v) is 15.2. The number of rotatable bonds is 5. The monoisotopic (exact) mass is 391 g/mol. The fourth-order valence-electron chi connectivity index (χ4n) is 3.38. The first-order valence-corrected chi connectivity index (χ1v) is 8.96. The predicted octanol–water partition coefficient (Wildman–Crippen LogP) is 3.55. The predicted molar refractivity (Wildman–Crippen MR) is 94.4 cm³/mol. The molecule has 6 nitrogen and oxygen atoms in total. The minimum Gasteiger partial charge on any atom is -0.478 e. The van der Waals surface area contributed by atoms with Crippen LogP contribution in [0, 0.1) is 17.6 Å². The van der Waals surface area contributed by atoms with Gasteiger partial charge in [0.2, 0.25) is 0 Å². The molecule has 0 unspecified atom stereocenters. The molecule has 1 fully saturated rings. The number of halogens is 2. The third kappa shape index (κ3) is 3.81. The quantitative estimate of drug-likeness (QED) is 0.788. The van der Waals surface area contributed by atoms with Gasteiger partial charge in [-0.05, 0) is 31.0 Å². The van der Waals surface area contributed by atoms with Crippen molar-refractivity contribution in [1.82, 2.24) is 4.90 Å². The number of benzene rings is 1. The van der Waals surface area contributed by atoms with E-state index < -0.39 is 35.2 Å². The standard InChI is InChI=1S/C20H19F2NO5/c1-2-16-14(20(26)27)10-17(28-16)19(25)23-7-5-11(6-8-23)18(24)13-9-12(21)3-4-15(13)22/h3-4,9-11H,2,5-8H2,1H3,(H,26,27). The Morgan fingerprint density at radius 1 is 1.14 bits per heavy atom. The zero-order valence-electron chi connectivity index (χ0n) is 15.2. The Morgan fingerprint density at radius 3 is 2.39 bits per heavy atom. The molecule has 1 aliphatic heterocycles. The lowest BCUT2D eigenvalue weighted by molar-refractivity contribution is 0.0621. The number of piperidine rings is 1. The van der Waals surface area contributed by atoms with Crippen molar-refractivity contribution in [3.63, 3.8) is 0 Å². The van der Waals surface area contributed by atoms with Crippen molar-refractivity contribution in [3.05, 3.63) is 58.5 Å². The Bertz CT molecular complexity index is 929. The van der Waals surface area contributed by atoms with Crippen LogP contribution < -0.4 is 0 Å². The van der Waals surface area contributed by atoms with Crippen LogP contribution in [0.25, 0.3) is 0 Å². The summed E-state index contributed by atoms with van der Waals surface area (Å²) in [6, 6.07) is 3.97. The van der Waals surface area contributed by atoms with Gasteiger partial charge in [-0.2, -0.15) is 0 Å². The number of likely N-dealkylation sites (tertiary alicyclic amines) is 1. The van der Waals surface area contributed by atoms with Crippen LogP contribution in [-0.2, 0) is 6.42 Å². The summed E-state index contributed by atoms with van der Waals surface area (Å²) in [6.07, 6.45) is 0.937. The highest BCUT2D eigenvalue weighted by Crippen LogP contribution is 2.26. The molecule has 28 heavy (non-hydrogen) atoms. The molecule has 0 radical (unpaired) electrons. The van der Waals surface area contributed by atoms with E-state index in [0.29, 0.717) is 19.3 Å². The SMILES string of the molecule is CCc1oc(C(=O)N2CCC(C(=O)c3cc(F)ccc3F)CC2)cc1C(=O)O. The highest BCUT2D eigenvalue weighted by Gasteiger charge is 2.31. The number of amides is 1. The number of Topliss-reactive ketones (excluding diaryl/α,β-unsaturated/α-hetero) is 1. The lowest BCUT2D eigenvalue weighted by Crippen LogP contribution is -2.40. The van der Waals surface area contributed by atoms with Gasteiger partial charge in [0.25, 0.3) is 5.91 Å². The van der Waals surface area contributed by atoms with E-state index >= 15 is 0 Å². The minimum atomic E-state index is -1.17. The van der Waals surface area contributed by atoms with E-state index in [-0.39, 0.29) is 35.7 Å². The second kappa shape index (κ2) is 7.92. The van der Waals surface area contributed by atoms with Crippen molar-refractivity contribution in [3.8, 4) is 0 Å². The van der Waals surface area contributed by atoms with Crippen molar-refractivity contribution in [1.29, 1.82) is 0 Å². The van der Waals surface area contributed by atoms with Gasteiger partial charge in [0.1, 0.15) is 23.0 Å². The van der Waals surface area contributed by atoms with Crippen LogP contribution in [0.1, 0.15) is 56.8 Å². The first-order chi connectivity index (χ1) is 13.3. The summed E-state index contributed by atoms with van der Waals surface area (Å²) >= 11 is 0. The molecule has 148 valence electrons. The molecule has 0 saturated carbocycles. The van der Waals surface area contributed by atoms with E-state index in [0.717, 1.165) is 18.2 Å². The van der Waals surface area contributed by atoms with Crippen LogP contribution >= 0.6 is 0 Å². The molecule has 1 N–H and O–H groups in total. The first-order valence-electron chi connectivity index (χ1n) is 8.96. The van der Waals surface area contributed by atoms with E-state index in [1.54, 1.807) is 6.92 Å². The molecule has 0 bridgehead atoms. The number of hydrogen-bond acceptors (Lipinski definition) is 4. The number of furan rings is 1. The van der Waals surface area contributed by atoms with Gasteiger partial charge in [0.05, 0.1) is 5.56 Å². The maximum Gasteiger partial charge on any atom is 0.339 e. The lowest BCUT2D eigenvalue weighted by atomic mass is 9.88. The molecule has 1 aliphatic rings. The average molecular weight is 391 g/mol. The van der Waals surface area contributed by atoms with E-state index in [4.69, 9.17) is 9.52 Å². The molecule has 1 aromatic heterocycles. The Balaban J connectivity index is 1.68. The van der Waals surface area contributed by atoms with Gasteiger partial charge in [-0.3, -0.25) is 9.59 Å². The fraction of sp³-hybridized carbons (Fsp3) is 0.350. The van der Waals surface area contributed by atoms with Crippen molar-refractivity contribution >= 4 is 17.7 Å². The summed E-state index contributed by atoms with van der Waals surface area (Å²) in [5.74, 6) is -3.91. The van der Waals surface area contributed by atoms with Crippen LogP contribution in [0.4, 0.5) is 8.78 Å². The Hall–Kier alpha value is -3.03.